The first kappa shape index (κ1) is 20.6. The molecule has 1 fully saturated rings. The Labute approximate surface area is 179 Å². The minimum atomic E-state index is -0.792. The third-order valence-electron chi connectivity index (χ3n) is 5.25. The Balaban J connectivity index is 1.49. The topological polar surface area (TPSA) is 73.7 Å². The smallest absolute Gasteiger partial charge is 0.328 e. The number of carbonyl (C=O) groups excluding carboxylic acids is 2. The van der Waals surface area contributed by atoms with Crippen LogP contribution >= 0.6 is 0 Å². The minimum absolute atomic E-state index is 0.0919. The predicted octanol–water partition coefficient (Wildman–Crippen LogP) is 2.91. The van der Waals surface area contributed by atoms with Crippen LogP contribution in [0.5, 0.6) is 5.75 Å². The second kappa shape index (κ2) is 8.99. The number of likely N-dealkylation sites (tertiary alicyclic amines) is 1. The molecule has 0 unspecified atom stereocenters. The molecule has 4 rings (SSSR count). The lowest BCUT2D eigenvalue weighted by molar-refractivity contribution is -0.145. The summed E-state index contributed by atoms with van der Waals surface area (Å²) in [6.07, 6.45) is 4.99. The molecule has 1 aromatic heterocycles. The van der Waals surface area contributed by atoms with Crippen molar-refractivity contribution in [2.45, 2.75) is 25.1 Å². The number of esters is 1. The standard InChI is InChI=1S/C23H22FN3O4/c1-30-23(29)20-12-18(31-21-5-3-2-4-19(21)24)14-27(20)22(28)17-8-6-16(7-9-17)13-26-11-10-25-15-26/h2-11,15,18,20H,12-14H2,1H3/t18-,20-/m0/s1. The van der Waals surface area contributed by atoms with Crippen molar-refractivity contribution in [2.24, 2.45) is 0 Å². The molecule has 0 bridgehead atoms. The van der Waals surface area contributed by atoms with E-state index in [1.807, 2.05) is 22.9 Å². The number of benzene rings is 2. The number of nitrogens with zero attached hydrogens (tertiary/aromatic N) is 3. The highest BCUT2D eigenvalue weighted by atomic mass is 19.1. The van der Waals surface area contributed by atoms with E-state index in [1.165, 1.54) is 24.1 Å². The van der Waals surface area contributed by atoms with Gasteiger partial charge in [-0.2, -0.15) is 0 Å². The van der Waals surface area contributed by atoms with Crippen LogP contribution in [-0.4, -0.2) is 52.1 Å². The summed E-state index contributed by atoms with van der Waals surface area (Å²) in [6, 6.07) is 12.5. The van der Waals surface area contributed by atoms with Crippen molar-refractivity contribution in [3.8, 4) is 5.75 Å². The zero-order chi connectivity index (χ0) is 21.8. The van der Waals surface area contributed by atoms with Crippen LogP contribution in [0.4, 0.5) is 4.39 Å². The summed E-state index contributed by atoms with van der Waals surface area (Å²) in [5.74, 6) is -1.22. The number of ether oxygens (including phenoxy) is 2. The minimum Gasteiger partial charge on any atom is -0.485 e. The molecule has 0 aliphatic carbocycles. The lowest BCUT2D eigenvalue weighted by atomic mass is 10.1. The van der Waals surface area contributed by atoms with Gasteiger partial charge in [-0.3, -0.25) is 4.79 Å². The maximum absolute atomic E-state index is 14.0. The molecule has 160 valence electrons. The SMILES string of the molecule is COC(=O)[C@@H]1C[C@H](Oc2ccccc2F)CN1C(=O)c1ccc(Cn2ccnc2)cc1. The van der Waals surface area contributed by atoms with Crippen molar-refractivity contribution in [1.82, 2.24) is 14.5 Å². The molecule has 1 aliphatic rings. The molecule has 1 saturated heterocycles. The number of methoxy groups -OCH3 is 1. The second-order valence-electron chi connectivity index (χ2n) is 7.33. The van der Waals surface area contributed by atoms with Gasteiger partial charge in [0.25, 0.3) is 5.91 Å². The first-order valence-electron chi connectivity index (χ1n) is 9.90. The highest BCUT2D eigenvalue weighted by molar-refractivity contribution is 5.97. The molecule has 0 radical (unpaired) electrons. The molecule has 8 heteroatoms. The van der Waals surface area contributed by atoms with Crippen molar-refractivity contribution in [2.75, 3.05) is 13.7 Å². The summed E-state index contributed by atoms with van der Waals surface area (Å²) in [5, 5.41) is 0. The van der Waals surface area contributed by atoms with Crippen LogP contribution in [-0.2, 0) is 16.1 Å². The monoisotopic (exact) mass is 423 g/mol. The van der Waals surface area contributed by atoms with E-state index in [4.69, 9.17) is 9.47 Å². The van der Waals surface area contributed by atoms with Crippen molar-refractivity contribution in [1.29, 1.82) is 0 Å². The van der Waals surface area contributed by atoms with Gasteiger partial charge in [-0.15, -0.1) is 0 Å². The molecule has 1 amide bonds. The number of hydrogen-bond acceptors (Lipinski definition) is 5. The molecule has 2 heterocycles. The predicted molar refractivity (Wildman–Crippen MR) is 110 cm³/mol. The van der Waals surface area contributed by atoms with Crippen LogP contribution < -0.4 is 4.74 Å². The Morgan fingerprint density at radius 3 is 2.61 bits per heavy atom. The van der Waals surface area contributed by atoms with E-state index in [0.29, 0.717) is 12.1 Å². The van der Waals surface area contributed by atoms with Gasteiger partial charge in [0.05, 0.1) is 20.0 Å². The van der Waals surface area contributed by atoms with Gasteiger partial charge < -0.3 is 18.9 Å². The Hall–Kier alpha value is -3.68. The Morgan fingerprint density at radius 1 is 1.16 bits per heavy atom. The van der Waals surface area contributed by atoms with Gasteiger partial charge in [-0.25, -0.2) is 14.2 Å². The van der Waals surface area contributed by atoms with E-state index in [2.05, 4.69) is 4.98 Å². The van der Waals surface area contributed by atoms with E-state index in [1.54, 1.807) is 36.8 Å². The molecule has 0 spiro atoms. The Bertz CT molecular complexity index is 1050. The quantitative estimate of drug-likeness (QED) is 0.570. The van der Waals surface area contributed by atoms with Crippen molar-refractivity contribution < 1.29 is 23.5 Å². The van der Waals surface area contributed by atoms with Crippen LogP contribution in [0, 0.1) is 5.82 Å². The average molecular weight is 423 g/mol. The first-order valence-corrected chi connectivity index (χ1v) is 9.90. The van der Waals surface area contributed by atoms with Crippen molar-refractivity contribution >= 4 is 11.9 Å². The number of carbonyl (C=O) groups is 2. The van der Waals surface area contributed by atoms with E-state index < -0.39 is 23.9 Å². The third kappa shape index (κ3) is 4.58. The van der Waals surface area contributed by atoms with Crippen LogP contribution in [0.2, 0.25) is 0 Å². The number of aromatic nitrogens is 2. The normalized spacial score (nSPS) is 18.1. The van der Waals surface area contributed by atoms with Gasteiger partial charge in [-0.1, -0.05) is 24.3 Å². The number of imidazole rings is 1. The van der Waals surface area contributed by atoms with Gasteiger partial charge in [0.15, 0.2) is 11.6 Å². The highest BCUT2D eigenvalue weighted by Gasteiger charge is 2.42. The number of para-hydroxylation sites is 1. The maximum atomic E-state index is 14.0. The van der Waals surface area contributed by atoms with Gasteiger partial charge in [-0.05, 0) is 29.8 Å². The molecular formula is C23H22FN3O4. The molecule has 2 aromatic carbocycles. The Morgan fingerprint density at radius 2 is 1.94 bits per heavy atom. The molecule has 2 atom stereocenters. The largest absolute Gasteiger partial charge is 0.485 e. The maximum Gasteiger partial charge on any atom is 0.328 e. The zero-order valence-corrected chi connectivity index (χ0v) is 17.0. The molecule has 0 saturated carbocycles. The van der Waals surface area contributed by atoms with E-state index in [-0.39, 0.29) is 24.6 Å². The lowest BCUT2D eigenvalue weighted by Gasteiger charge is -2.22. The van der Waals surface area contributed by atoms with Gasteiger partial charge in [0.2, 0.25) is 0 Å². The number of amides is 1. The van der Waals surface area contributed by atoms with Gasteiger partial charge in [0.1, 0.15) is 12.1 Å². The second-order valence-corrected chi connectivity index (χ2v) is 7.33. The van der Waals surface area contributed by atoms with Gasteiger partial charge >= 0.3 is 5.97 Å². The Kier molecular flexibility index (Phi) is 5.97. The van der Waals surface area contributed by atoms with Crippen molar-refractivity contribution in [3.63, 3.8) is 0 Å². The zero-order valence-electron chi connectivity index (χ0n) is 17.0. The van der Waals surface area contributed by atoms with Crippen LogP contribution in [0.25, 0.3) is 0 Å². The summed E-state index contributed by atoms with van der Waals surface area (Å²) in [6.45, 7) is 0.797. The summed E-state index contributed by atoms with van der Waals surface area (Å²) in [7, 11) is 1.28. The van der Waals surface area contributed by atoms with Crippen LogP contribution in [0.1, 0.15) is 22.3 Å². The summed E-state index contributed by atoms with van der Waals surface area (Å²) < 4.78 is 26.5. The van der Waals surface area contributed by atoms with E-state index in [0.717, 1.165) is 5.56 Å². The van der Waals surface area contributed by atoms with E-state index >= 15 is 0 Å². The molecule has 0 N–H and O–H groups in total. The van der Waals surface area contributed by atoms with Gasteiger partial charge in [0, 0.05) is 30.9 Å². The van der Waals surface area contributed by atoms with E-state index in [9.17, 15) is 14.0 Å². The third-order valence-corrected chi connectivity index (χ3v) is 5.25. The number of rotatable bonds is 6. The van der Waals surface area contributed by atoms with Crippen molar-refractivity contribution in [3.05, 3.63) is 84.2 Å². The summed E-state index contributed by atoms with van der Waals surface area (Å²) >= 11 is 0. The fourth-order valence-corrected chi connectivity index (χ4v) is 3.70. The summed E-state index contributed by atoms with van der Waals surface area (Å²) in [5.41, 5.74) is 1.47. The molecule has 31 heavy (non-hydrogen) atoms. The molecule has 7 nitrogen and oxygen atoms in total. The molecule has 3 aromatic rings. The first-order chi connectivity index (χ1) is 15.0. The number of hydrogen-bond donors (Lipinski definition) is 0. The highest BCUT2D eigenvalue weighted by Crippen LogP contribution is 2.27. The summed E-state index contributed by atoms with van der Waals surface area (Å²) in [4.78, 5) is 30.9. The van der Waals surface area contributed by atoms with Crippen LogP contribution in [0.3, 0.4) is 0 Å². The van der Waals surface area contributed by atoms with Crippen LogP contribution in [0.15, 0.2) is 67.3 Å². The molecular weight excluding hydrogens is 401 g/mol. The lowest BCUT2D eigenvalue weighted by Crippen LogP contribution is -2.41. The fourth-order valence-electron chi connectivity index (χ4n) is 3.70. The molecule has 1 aliphatic heterocycles. The number of halogens is 1. The fraction of sp³-hybridized carbons (Fsp3) is 0.261. The average Bonchev–Trinajstić information content (AvgIpc) is 3.45.